The number of Topliss-reactive ketones (excluding diaryl/α,β-unsaturated/α-hetero) is 1. The van der Waals surface area contributed by atoms with Crippen molar-refractivity contribution in [3.05, 3.63) is 0 Å². The van der Waals surface area contributed by atoms with E-state index in [4.69, 9.17) is 5.73 Å². The van der Waals surface area contributed by atoms with Crippen molar-refractivity contribution in [2.24, 2.45) is 58.0 Å². The smallest absolute Gasteiger partial charge is 0.136 e. The van der Waals surface area contributed by atoms with E-state index in [1.165, 1.54) is 51.4 Å². The lowest BCUT2D eigenvalue weighted by atomic mass is 9.40. The zero-order valence-corrected chi connectivity index (χ0v) is 20.8. The predicted molar refractivity (Wildman–Crippen MR) is 126 cm³/mol. The highest BCUT2D eigenvalue weighted by Gasteiger charge is 2.66. The molecule has 172 valence electrons. The first-order valence-corrected chi connectivity index (χ1v) is 13.4. The second kappa shape index (κ2) is 7.89. The lowest BCUT2D eigenvalue weighted by Crippen LogP contribution is -2.68. The molecule has 0 bridgehead atoms. The molecule has 0 aliphatic heterocycles. The van der Waals surface area contributed by atoms with Crippen molar-refractivity contribution in [3.8, 4) is 0 Å². The first kappa shape index (κ1) is 22.8. The Morgan fingerprint density at radius 2 is 1.63 bits per heavy atom. The normalized spacial score (nSPS) is 49.5. The van der Waals surface area contributed by atoms with Crippen LogP contribution >= 0.6 is 0 Å². The second-order valence-corrected chi connectivity index (χ2v) is 13.2. The van der Waals surface area contributed by atoms with Gasteiger partial charge in [0.25, 0.3) is 0 Å². The van der Waals surface area contributed by atoms with E-state index in [1.807, 2.05) is 0 Å². The third-order valence-corrected chi connectivity index (χ3v) is 11.4. The molecule has 4 rings (SSSR count). The number of hydrogen-bond acceptors (Lipinski definition) is 2. The quantitative estimate of drug-likeness (QED) is 0.525. The second-order valence-electron chi connectivity index (χ2n) is 13.2. The van der Waals surface area contributed by atoms with E-state index in [1.54, 1.807) is 0 Å². The summed E-state index contributed by atoms with van der Waals surface area (Å²) in [7, 11) is 0. The first-order valence-electron chi connectivity index (χ1n) is 13.4. The molecule has 4 saturated carbocycles. The van der Waals surface area contributed by atoms with Crippen LogP contribution in [0.5, 0.6) is 0 Å². The predicted octanol–water partition coefficient (Wildman–Crippen LogP) is 7.00. The van der Waals surface area contributed by atoms with Crippen molar-refractivity contribution in [2.45, 2.75) is 118 Å². The molecule has 0 saturated heterocycles. The molecule has 0 unspecified atom stereocenters. The van der Waals surface area contributed by atoms with Gasteiger partial charge < -0.3 is 5.73 Å². The van der Waals surface area contributed by atoms with Crippen LogP contribution in [-0.4, -0.2) is 11.3 Å². The fourth-order valence-electron chi connectivity index (χ4n) is 9.77. The monoisotopic (exact) mass is 415 g/mol. The summed E-state index contributed by atoms with van der Waals surface area (Å²) in [6.07, 6.45) is 13.8. The first-order chi connectivity index (χ1) is 14.0. The van der Waals surface area contributed by atoms with Crippen molar-refractivity contribution in [1.29, 1.82) is 0 Å². The van der Waals surface area contributed by atoms with Crippen LogP contribution in [0.1, 0.15) is 112 Å². The minimum atomic E-state index is 0.00472. The summed E-state index contributed by atoms with van der Waals surface area (Å²) in [5.41, 5.74) is 8.24. The molecule has 0 aromatic rings. The van der Waals surface area contributed by atoms with Crippen LogP contribution in [0.25, 0.3) is 0 Å². The SMILES string of the molecule is CC(C)CCC[C@@H](C)[C@H]1CC[C@@H]2[C@]1(C)CC[C@@H]1[C@@]3(C)CCC(=O)[C@@H](C)[C@@H]3CC[C@@]21N. The standard InChI is InChI=1S/C28H49NO/c1-18(2)8-7-9-19(3)21-10-11-24-26(21,5)16-14-25-27(6)15-13-23(30)20(4)22(27)12-17-28(24,25)29/h18-22,24-25H,7-17,29H2,1-6H3/t19-,20+,21-,22+,24-,25-,26-,27+,28-/m1/s1. The molecule has 4 fully saturated rings. The van der Waals surface area contributed by atoms with Crippen molar-refractivity contribution in [1.82, 2.24) is 0 Å². The van der Waals surface area contributed by atoms with Gasteiger partial charge in [0, 0.05) is 17.9 Å². The van der Waals surface area contributed by atoms with Gasteiger partial charge >= 0.3 is 0 Å². The van der Waals surface area contributed by atoms with Crippen molar-refractivity contribution >= 4 is 5.78 Å². The number of carbonyl (C=O) groups excluding carboxylic acids is 1. The van der Waals surface area contributed by atoms with E-state index in [0.29, 0.717) is 29.0 Å². The van der Waals surface area contributed by atoms with E-state index >= 15 is 0 Å². The van der Waals surface area contributed by atoms with Gasteiger partial charge in [0.05, 0.1) is 0 Å². The minimum absolute atomic E-state index is 0.00472. The van der Waals surface area contributed by atoms with Crippen LogP contribution in [0.4, 0.5) is 0 Å². The topological polar surface area (TPSA) is 43.1 Å². The largest absolute Gasteiger partial charge is 0.325 e. The number of carbonyl (C=O) groups is 1. The average Bonchev–Trinajstić information content (AvgIpc) is 3.03. The van der Waals surface area contributed by atoms with Gasteiger partial charge in [0.1, 0.15) is 5.78 Å². The van der Waals surface area contributed by atoms with Crippen molar-refractivity contribution < 1.29 is 4.79 Å². The zero-order valence-electron chi connectivity index (χ0n) is 20.8. The Morgan fingerprint density at radius 1 is 0.933 bits per heavy atom. The lowest BCUT2D eigenvalue weighted by molar-refractivity contribution is -0.156. The maximum absolute atomic E-state index is 12.5. The number of nitrogens with two attached hydrogens (primary N) is 1. The van der Waals surface area contributed by atoms with Gasteiger partial charge in [-0.2, -0.15) is 0 Å². The van der Waals surface area contributed by atoms with Crippen molar-refractivity contribution in [3.63, 3.8) is 0 Å². The van der Waals surface area contributed by atoms with Gasteiger partial charge in [0.2, 0.25) is 0 Å². The van der Waals surface area contributed by atoms with Gasteiger partial charge in [-0.05, 0) is 91.3 Å². The molecule has 4 aliphatic rings. The summed E-state index contributed by atoms with van der Waals surface area (Å²) >= 11 is 0. The highest BCUT2D eigenvalue weighted by Crippen LogP contribution is 2.69. The van der Waals surface area contributed by atoms with Crippen LogP contribution < -0.4 is 5.73 Å². The molecule has 0 radical (unpaired) electrons. The molecular weight excluding hydrogens is 366 g/mol. The molecule has 0 amide bonds. The van der Waals surface area contributed by atoms with Crippen LogP contribution in [-0.2, 0) is 4.79 Å². The van der Waals surface area contributed by atoms with Gasteiger partial charge in [-0.25, -0.2) is 0 Å². The number of ketones is 1. The summed E-state index contributed by atoms with van der Waals surface area (Å²) in [5, 5.41) is 0. The van der Waals surface area contributed by atoms with E-state index in [0.717, 1.165) is 37.0 Å². The fraction of sp³-hybridized carbons (Fsp3) is 0.964. The highest BCUT2D eigenvalue weighted by atomic mass is 16.1. The maximum Gasteiger partial charge on any atom is 0.136 e. The Hall–Kier alpha value is -0.370. The van der Waals surface area contributed by atoms with E-state index in [-0.39, 0.29) is 16.9 Å². The Kier molecular flexibility index (Phi) is 6.00. The number of rotatable bonds is 5. The average molecular weight is 416 g/mol. The maximum atomic E-state index is 12.5. The summed E-state index contributed by atoms with van der Waals surface area (Å²) in [4.78, 5) is 12.5. The molecule has 0 spiro atoms. The Morgan fingerprint density at radius 3 is 2.33 bits per heavy atom. The minimum Gasteiger partial charge on any atom is -0.325 e. The van der Waals surface area contributed by atoms with Gasteiger partial charge in [0.15, 0.2) is 0 Å². The fourth-order valence-corrected chi connectivity index (χ4v) is 9.77. The molecule has 4 aliphatic carbocycles. The number of hydrogen-bond donors (Lipinski definition) is 1. The van der Waals surface area contributed by atoms with Gasteiger partial charge in [-0.15, -0.1) is 0 Å². The molecule has 2 heteroatoms. The van der Waals surface area contributed by atoms with Crippen LogP contribution in [0.2, 0.25) is 0 Å². The van der Waals surface area contributed by atoms with Crippen LogP contribution in [0, 0.1) is 52.3 Å². The molecule has 30 heavy (non-hydrogen) atoms. The highest BCUT2D eigenvalue weighted by molar-refractivity contribution is 5.82. The Bertz CT molecular complexity index is 657. The van der Waals surface area contributed by atoms with Crippen LogP contribution in [0.15, 0.2) is 0 Å². The third-order valence-electron chi connectivity index (χ3n) is 11.4. The Labute approximate surface area is 186 Å². The van der Waals surface area contributed by atoms with E-state index < -0.39 is 0 Å². The molecule has 2 nitrogen and oxygen atoms in total. The molecular formula is C28H49NO. The molecule has 0 heterocycles. The summed E-state index contributed by atoms with van der Waals surface area (Å²) < 4.78 is 0. The number of fused-ring (bicyclic) bond motifs is 5. The Balaban J connectivity index is 1.54. The molecule has 0 aromatic heterocycles. The molecule has 2 N–H and O–H groups in total. The molecule has 0 aromatic carbocycles. The third kappa shape index (κ3) is 3.34. The summed E-state index contributed by atoms with van der Waals surface area (Å²) in [5.74, 6) is 5.15. The van der Waals surface area contributed by atoms with E-state index in [9.17, 15) is 4.79 Å². The van der Waals surface area contributed by atoms with Gasteiger partial charge in [-0.1, -0.05) is 60.8 Å². The summed E-state index contributed by atoms with van der Waals surface area (Å²) in [6, 6.07) is 0. The summed E-state index contributed by atoms with van der Waals surface area (Å²) in [6.45, 7) is 14.6. The molecule has 9 atom stereocenters. The van der Waals surface area contributed by atoms with Gasteiger partial charge in [-0.3, -0.25) is 4.79 Å². The van der Waals surface area contributed by atoms with Crippen molar-refractivity contribution in [2.75, 3.05) is 0 Å². The lowest BCUT2D eigenvalue weighted by Gasteiger charge is -2.66. The van der Waals surface area contributed by atoms with Crippen LogP contribution in [0.3, 0.4) is 0 Å². The van der Waals surface area contributed by atoms with E-state index in [2.05, 4.69) is 41.5 Å². The zero-order chi connectivity index (χ0) is 21.9.